The van der Waals surface area contributed by atoms with Gasteiger partial charge in [-0.3, -0.25) is 0 Å². The standard InChI is InChI=1S/C13H26N2O3S/c14-8-4-9-15(12-5-1-2-6-12)19(16,17)11-13-7-3-10-18-13/h12-13H,1-11,14H2. The van der Waals surface area contributed by atoms with E-state index in [0.717, 1.165) is 44.9 Å². The summed E-state index contributed by atoms with van der Waals surface area (Å²) in [4.78, 5) is 0. The summed E-state index contributed by atoms with van der Waals surface area (Å²) >= 11 is 0. The van der Waals surface area contributed by atoms with Gasteiger partial charge in [-0.25, -0.2) is 8.42 Å². The van der Waals surface area contributed by atoms with Crippen molar-refractivity contribution in [2.24, 2.45) is 5.73 Å². The Morgan fingerprint density at radius 2 is 1.89 bits per heavy atom. The lowest BCUT2D eigenvalue weighted by molar-refractivity contribution is 0.126. The third-order valence-corrected chi connectivity index (χ3v) is 6.08. The van der Waals surface area contributed by atoms with Crippen LogP contribution < -0.4 is 5.73 Å². The molecule has 1 saturated carbocycles. The van der Waals surface area contributed by atoms with Gasteiger partial charge < -0.3 is 10.5 Å². The summed E-state index contributed by atoms with van der Waals surface area (Å²) in [5.41, 5.74) is 5.54. The molecular weight excluding hydrogens is 264 g/mol. The van der Waals surface area contributed by atoms with Crippen LogP contribution in [0.4, 0.5) is 0 Å². The second kappa shape index (κ2) is 7.02. The first-order valence-corrected chi connectivity index (χ1v) is 9.05. The zero-order chi connectivity index (χ0) is 13.7. The first-order valence-electron chi connectivity index (χ1n) is 7.44. The van der Waals surface area contributed by atoms with E-state index < -0.39 is 10.0 Å². The number of sulfonamides is 1. The van der Waals surface area contributed by atoms with E-state index in [1.807, 2.05) is 0 Å². The second-order valence-electron chi connectivity index (χ2n) is 5.60. The molecule has 1 atom stereocenters. The maximum Gasteiger partial charge on any atom is 0.216 e. The van der Waals surface area contributed by atoms with Crippen molar-refractivity contribution in [3.8, 4) is 0 Å². The fourth-order valence-corrected chi connectivity index (χ4v) is 5.09. The molecule has 0 aromatic rings. The summed E-state index contributed by atoms with van der Waals surface area (Å²) in [6.45, 7) is 1.81. The SMILES string of the molecule is NCCCN(C1CCCC1)S(=O)(=O)CC1CCCO1. The predicted molar refractivity (Wildman–Crippen MR) is 75.4 cm³/mol. The van der Waals surface area contributed by atoms with E-state index in [-0.39, 0.29) is 17.9 Å². The van der Waals surface area contributed by atoms with E-state index in [9.17, 15) is 8.42 Å². The van der Waals surface area contributed by atoms with Crippen LogP contribution in [0.15, 0.2) is 0 Å². The summed E-state index contributed by atoms with van der Waals surface area (Å²) in [7, 11) is -3.21. The van der Waals surface area contributed by atoms with Gasteiger partial charge in [-0.2, -0.15) is 4.31 Å². The number of rotatable bonds is 7. The first kappa shape index (κ1) is 15.2. The number of hydrogen-bond acceptors (Lipinski definition) is 4. The summed E-state index contributed by atoms with van der Waals surface area (Å²) in [6, 6.07) is 0.193. The number of nitrogens with two attached hydrogens (primary N) is 1. The highest BCUT2D eigenvalue weighted by Gasteiger charge is 2.34. The molecule has 19 heavy (non-hydrogen) atoms. The highest BCUT2D eigenvalue weighted by molar-refractivity contribution is 7.89. The van der Waals surface area contributed by atoms with Crippen molar-refractivity contribution >= 4 is 10.0 Å². The van der Waals surface area contributed by atoms with Gasteiger partial charge in [0.05, 0.1) is 11.9 Å². The Morgan fingerprint density at radius 1 is 1.16 bits per heavy atom. The minimum Gasteiger partial charge on any atom is -0.377 e. The van der Waals surface area contributed by atoms with Gasteiger partial charge in [0.15, 0.2) is 0 Å². The average Bonchev–Trinajstić information content (AvgIpc) is 3.01. The van der Waals surface area contributed by atoms with Gasteiger partial charge in [0, 0.05) is 19.2 Å². The topological polar surface area (TPSA) is 72.6 Å². The molecule has 2 fully saturated rings. The summed E-state index contributed by atoms with van der Waals surface area (Å²) < 4.78 is 32.4. The molecule has 0 spiro atoms. The van der Waals surface area contributed by atoms with Crippen molar-refractivity contribution < 1.29 is 13.2 Å². The van der Waals surface area contributed by atoms with E-state index >= 15 is 0 Å². The minimum absolute atomic E-state index is 0.105. The van der Waals surface area contributed by atoms with E-state index in [2.05, 4.69) is 0 Å². The van der Waals surface area contributed by atoms with Crippen LogP contribution in [0, 0.1) is 0 Å². The molecular formula is C13H26N2O3S. The molecule has 112 valence electrons. The van der Waals surface area contributed by atoms with Crippen molar-refractivity contribution in [2.75, 3.05) is 25.4 Å². The van der Waals surface area contributed by atoms with E-state index in [4.69, 9.17) is 10.5 Å². The number of ether oxygens (including phenoxy) is 1. The summed E-state index contributed by atoms with van der Waals surface area (Å²) in [5, 5.41) is 0. The Balaban J connectivity index is 2.01. The summed E-state index contributed by atoms with van der Waals surface area (Å²) in [6.07, 6.45) is 6.75. The van der Waals surface area contributed by atoms with Crippen LogP contribution in [0.2, 0.25) is 0 Å². The van der Waals surface area contributed by atoms with Crippen molar-refractivity contribution in [3.63, 3.8) is 0 Å². The molecule has 5 nitrogen and oxygen atoms in total. The Morgan fingerprint density at radius 3 is 2.47 bits per heavy atom. The van der Waals surface area contributed by atoms with Gasteiger partial charge in [-0.1, -0.05) is 12.8 Å². The van der Waals surface area contributed by atoms with Crippen LogP contribution in [0.5, 0.6) is 0 Å². The maximum absolute atomic E-state index is 12.6. The molecule has 1 unspecified atom stereocenters. The first-order chi connectivity index (χ1) is 9.13. The fraction of sp³-hybridized carbons (Fsp3) is 1.00. The molecule has 1 aliphatic heterocycles. The monoisotopic (exact) mass is 290 g/mol. The third kappa shape index (κ3) is 4.15. The lowest BCUT2D eigenvalue weighted by Gasteiger charge is -2.29. The maximum atomic E-state index is 12.6. The normalized spacial score (nSPS) is 25.5. The zero-order valence-electron chi connectivity index (χ0n) is 11.6. The van der Waals surface area contributed by atoms with Gasteiger partial charge in [0.2, 0.25) is 10.0 Å². The molecule has 2 aliphatic rings. The van der Waals surface area contributed by atoms with Crippen LogP contribution in [-0.2, 0) is 14.8 Å². The Hall–Kier alpha value is -0.170. The Kier molecular flexibility index (Phi) is 5.62. The second-order valence-corrected chi connectivity index (χ2v) is 7.57. The molecule has 6 heteroatoms. The zero-order valence-corrected chi connectivity index (χ0v) is 12.4. The van der Waals surface area contributed by atoms with Gasteiger partial charge in [0.1, 0.15) is 0 Å². The highest BCUT2D eigenvalue weighted by atomic mass is 32.2. The molecule has 0 aromatic heterocycles. The highest BCUT2D eigenvalue weighted by Crippen LogP contribution is 2.27. The van der Waals surface area contributed by atoms with E-state index in [1.54, 1.807) is 4.31 Å². The lowest BCUT2D eigenvalue weighted by atomic mass is 10.2. The van der Waals surface area contributed by atoms with Crippen LogP contribution in [0.1, 0.15) is 44.9 Å². The molecule has 0 amide bonds. The molecule has 0 radical (unpaired) electrons. The van der Waals surface area contributed by atoms with Gasteiger partial charge in [-0.05, 0) is 38.6 Å². The smallest absolute Gasteiger partial charge is 0.216 e. The lowest BCUT2D eigenvalue weighted by Crippen LogP contribution is -2.43. The molecule has 0 aromatic carbocycles. The van der Waals surface area contributed by atoms with Gasteiger partial charge >= 0.3 is 0 Å². The molecule has 1 heterocycles. The van der Waals surface area contributed by atoms with Crippen LogP contribution in [0.3, 0.4) is 0 Å². The van der Waals surface area contributed by atoms with Crippen LogP contribution in [0.25, 0.3) is 0 Å². The van der Waals surface area contributed by atoms with Gasteiger partial charge in [0.25, 0.3) is 0 Å². The quantitative estimate of drug-likeness (QED) is 0.762. The van der Waals surface area contributed by atoms with E-state index in [1.165, 1.54) is 0 Å². The number of nitrogens with zero attached hydrogens (tertiary/aromatic N) is 1. The Labute approximate surface area is 116 Å². The Bertz CT molecular complexity index is 360. The molecule has 1 saturated heterocycles. The van der Waals surface area contributed by atoms with Crippen molar-refractivity contribution in [3.05, 3.63) is 0 Å². The fourth-order valence-electron chi connectivity index (χ4n) is 3.09. The van der Waals surface area contributed by atoms with Crippen LogP contribution in [-0.4, -0.2) is 50.3 Å². The third-order valence-electron chi connectivity index (χ3n) is 4.09. The summed E-state index contributed by atoms with van der Waals surface area (Å²) in [5.74, 6) is 0.147. The molecule has 0 bridgehead atoms. The minimum atomic E-state index is -3.21. The number of hydrogen-bond donors (Lipinski definition) is 1. The van der Waals surface area contributed by atoms with E-state index in [0.29, 0.717) is 19.7 Å². The van der Waals surface area contributed by atoms with Gasteiger partial charge in [-0.15, -0.1) is 0 Å². The molecule has 2 N–H and O–H groups in total. The average molecular weight is 290 g/mol. The van der Waals surface area contributed by atoms with Crippen LogP contribution >= 0.6 is 0 Å². The molecule has 1 aliphatic carbocycles. The van der Waals surface area contributed by atoms with Crippen molar-refractivity contribution in [1.82, 2.24) is 4.31 Å². The molecule has 2 rings (SSSR count). The van der Waals surface area contributed by atoms with Crippen molar-refractivity contribution in [2.45, 2.75) is 57.1 Å². The van der Waals surface area contributed by atoms with Crippen molar-refractivity contribution in [1.29, 1.82) is 0 Å². The predicted octanol–water partition coefficient (Wildman–Crippen LogP) is 1.09. The largest absolute Gasteiger partial charge is 0.377 e.